The van der Waals surface area contributed by atoms with E-state index in [9.17, 15) is 0 Å². The van der Waals surface area contributed by atoms with Gasteiger partial charge in [-0.15, -0.1) is 0 Å². The second-order valence-electron chi connectivity index (χ2n) is 0. The van der Waals surface area contributed by atoms with Crippen molar-refractivity contribution in [3.05, 3.63) is 0 Å². The van der Waals surface area contributed by atoms with Crippen molar-refractivity contribution < 1.29 is 38.5 Å². The first-order valence-corrected chi connectivity index (χ1v) is 0. The van der Waals surface area contributed by atoms with E-state index in [-0.39, 0.29) is 62.0 Å². The Kier molecular flexibility index (Phi) is 239. The summed E-state index contributed by atoms with van der Waals surface area (Å²) in [7, 11) is 0. The van der Waals surface area contributed by atoms with Gasteiger partial charge in [0.1, 0.15) is 0 Å². The van der Waals surface area contributed by atoms with Crippen LogP contribution in [-0.2, 0) is 38.5 Å². The van der Waals surface area contributed by atoms with Crippen molar-refractivity contribution >= 4 is 17.4 Å². The van der Waals surface area contributed by atoms with Gasteiger partial charge in [-0.2, -0.15) is 0 Å². The molecule has 0 aromatic heterocycles. The third-order valence-electron chi connectivity index (χ3n) is 0. The molecule has 0 aromatic carbocycles. The molecule has 27 valence electrons. The SMILES string of the molecule is N.[AlH3].[Co].[Ti]. The summed E-state index contributed by atoms with van der Waals surface area (Å²) in [6.07, 6.45) is 0. The summed E-state index contributed by atoms with van der Waals surface area (Å²) in [4.78, 5) is 0. The number of hydrogen-bond acceptors (Lipinski definition) is 1. The Morgan fingerprint density at radius 1 is 1.00 bits per heavy atom. The summed E-state index contributed by atoms with van der Waals surface area (Å²) in [5, 5.41) is 0. The average Bonchev–Trinajstić information content (AvgIpc) is 0. The van der Waals surface area contributed by atoms with Gasteiger partial charge in [0.15, 0.2) is 17.4 Å². The summed E-state index contributed by atoms with van der Waals surface area (Å²) in [5.41, 5.74) is 0. The normalized spacial score (nSPS) is 0. The molecule has 4 heteroatoms. The van der Waals surface area contributed by atoms with Crippen molar-refractivity contribution in [1.29, 1.82) is 0 Å². The second kappa shape index (κ2) is 22.1. The Hall–Kier alpha value is 1.71. The van der Waals surface area contributed by atoms with Crippen LogP contribution in [0.5, 0.6) is 0 Å². The summed E-state index contributed by atoms with van der Waals surface area (Å²) in [6, 6.07) is 0. The molecule has 4 heavy (non-hydrogen) atoms. The quantitative estimate of drug-likeness (QED) is 0.445. The standard InChI is InChI=1S/Al.Co.H3N.Ti.3H/h;;1H3;;;;. The average molecular weight is 154 g/mol. The van der Waals surface area contributed by atoms with Gasteiger partial charge in [-0.25, -0.2) is 0 Å². The zero-order valence-corrected chi connectivity index (χ0v) is 4.14. The molecule has 3 N–H and O–H groups in total. The molecule has 0 aliphatic carbocycles. The maximum Gasteiger partial charge on any atom is 0.187 e. The van der Waals surface area contributed by atoms with Gasteiger partial charge in [0.25, 0.3) is 0 Å². The first-order chi connectivity index (χ1) is 0. The Balaban J connectivity index is 0. The fourth-order valence-corrected chi connectivity index (χ4v) is 0. The zero-order valence-electron chi connectivity index (χ0n) is 1.54. The predicted octanol–water partition coefficient (Wildman–Crippen LogP) is -1.03. The second-order valence-corrected chi connectivity index (χ2v) is 0. The van der Waals surface area contributed by atoms with Gasteiger partial charge >= 0.3 is 0 Å². The van der Waals surface area contributed by atoms with E-state index in [1.807, 2.05) is 0 Å². The maximum absolute atomic E-state index is 0. The molecular formula is H6AlCoNTi. The van der Waals surface area contributed by atoms with Gasteiger partial charge in [0.2, 0.25) is 0 Å². The Bertz CT molecular complexity index is 8.00. The molecule has 1 nitrogen and oxygen atoms in total. The van der Waals surface area contributed by atoms with Crippen LogP contribution >= 0.6 is 0 Å². The summed E-state index contributed by atoms with van der Waals surface area (Å²) in [6.45, 7) is 0. The van der Waals surface area contributed by atoms with E-state index in [0.29, 0.717) is 0 Å². The van der Waals surface area contributed by atoms with Gasteiger partial charge in [0.05, 0.1) is 0 Å². The Morgan fingerprint density at radius 3 is 1.00 bits per heavy atom. The fraction of sp³-hybridized carbons (Fsp3) is 0. The van der Waals surface area contributed by atoms with Crippen molar-refractivity contribution in [2.45, 2.75) is 0 Å². The van der Waals surface area contributed by atoms with Crippen molar-refractivity contribution in [2.75, 3.05) is 0 Å². The molecule has 0 aliphatic rings. The van der Waals surface area contributed by atoms with E-state index in [1.54, 1.807) is 0 Å². The molecule has 0 aromatic rings. The van der Waals surface area contributed by atoms with Crippen molar-refractivity contribution in [2.24, 2.45) is 0 Å². The monoisotopic (exact) mass is 154 g/mol. The molecule has 0 spiro atoms. The molecule has 0 saturated heterocycles. The van der Waals surface area contributed by atoms with Crippen LogP contribution in [0.15, 0.2) is 0 Å². The molecule has 0 heterocycles. The molecule has 1 radical (unpaired) electrons. The molecule has 0 unspecified atom stereocenters. The van der Waals surface area contributed by atoms with Crippen LogP contribution in [0.4, 0.5) is 0 Å². The third-order valence-corrected chi connectivity index (χ3v) is 0. The summed E-state index contributed by atoms with van der Waals surface area (Å²) < 4.78 is 0. The molecule has 0 amide bonds. The van der Waals surface area contributed by atoms with E-state index in [2.05, 4.69) is 0 Å². The van der Waals surface area contributed by atoms with Crippen molar-refractivity contribution in [3.8, 4) is 0 Å². The van der Waals surface area contributed by atoms with Crippen LogP contribution in [-0.4, -0.2) is 17.4 Å². The van der Waals surface area contributed by atoms with E-state index in [0.717, 1.165) is 0 Å². The number of rotatable bonds is 0. The van der Waals surface area contributed by atoms with E-state index in [4.69, 9.17) is 0 Å². The van der Waals surface area contributed by atoms with Gasteiger partial charge in [-0.05, 0) is 0 Å². The molecule has 0 saturated carbocycles. The van der Waals surface area contributed by atoms with Crippen molar-refractivity contribution in [3.63, 3.8) is 0 Å². The molecule has 0 atom stereocenters. The Labute approximate surface area is 61.7 Å². The van der Waals surface area contributed by atoms with Gasteiger partial charge in [-0.1, -0.05) is 0 Å². The summed E-state index contributed by atoms with van der Waals surface area (Å²) >= 11 is 0. The third kappa shape index (κ3) is 9.31. The molecule has 0 fully saturated rings. The minimum Gasteiger partial charge on any atom is -0.344 e. The zero-order chi connectivity index (χ0) is 0. The molecule has 0 bridgehead atoms. The van der Waals surface area contributed by atoms with Crippen LogP contribution < -0.4 is 6.15 Å². The summed E-state index contributed by atoms with van der Waals surface area (Å²) in [5.74, 6) is 0. The van der Waals surface area contributed by atoms with E-state index >= 15 is 0 Å². The van der Waals surface area contributed by atoms with Crippen LogP contribution in [0, 0.1) is 0 Å². The minimum absolute atomic E-state index is 0. The van der Waals surface area contributed by atoms with Gasteiger partial charge < -0.3 is 6.15 Å². The van der Waals surface area contributed by atoms with E-state index < -0.39 is 0 Å². The van der Waals surface area contributed by atoms with Crippen LogP contribution in [0.25, 0.3) is 0 Å². The van der Waals surface area contributed by atoms with Crippen LogP contribution in [0.2, 0.25) is 0 Å². The van der Waals surface area contributed by atoms with Crippen LogP contribution in [0.1, 0.15) is 0 Å². The van der Waals surface area contributed by atoms with E-state index in [1.165, 1.54) is 0 Å². The smallest absolute Gasteiger partial charge is 0.187 e. The number of hydrogen-bond donors (Lipinski definition) is 1. The molecule has 0 aliphatic heterocycles. The van der Waals surface area contributed by atoms with Gasteiger partial charge in [-0.3, -0.25) is 0 Å². The van der Waals surface area contributed by atoms with Crippen molar-refractivity contribution in [1.82, 2.24) is 6.15 Å². The first kappa shape index (κ1) is 43.2. The minimum atomic E-state index is 0. The first-order valence-electron chi connectivity index (χ1n) is 0. The van der Waals surface area contributed by atoms with Crippen LogP contribution in [0.3, 0.4) is 0 Å². The predicted molar refractivity (Wildman–Crippen MR) is 15.0 cm³/mol. The fourth-order valence-electron chi connectivity index (χ4n) is 0. The molecular weight excluding hydrogens is 148 g/mol. The van der Waals surface area contributed by atoms with Gasteiger partial charge in [0, 0.05) is 38.5 Å². The maximum atomic E-state index is 0. The Morgan fingerprint density at radius 2 is 1.00 bits per heavy atom. The largest absolute Gasteiger partial charge is 0.344 e. The topological polar surface area (TPSA) is 35.0 Å². The molecule has 0 rings (SSSR count).